The Kier molecular flexibility index (Phi) is 3.70. The molecular weight excluding hydrogens is 264 g/mol. The third kappa shape index (κ3) is 2.67. The van der Waals surface area contributed by atoms with Crippen molar-refractivity contribution in [3.8, 4) is 0 Å². The highest BCUT2D eigenvalue weighted by atomic mass is 16.2. The van der Waals surface area contributed by atoms with Crippen LogP contribution in [0.5, 0.6) is 0 Å². The number of nitrogens with one attached hydrogen (secondary N) is 1. The number of hydrogen-bond acceptors (Lipinski definition) is 2. The van der Waals surface area contributed by atoms with Crippen LogP contribution in [0, 0.1) is 5.92 Å². The van der Waals surface area contributed by atoms with E-state index in [1.165, 1.54) is 6.42 Å². The molecule has 2 aliphatic rings. The lowest BCUT2D eigenvalue weighted by Crippen LogP contribution is -2.37. The molecule has 2 amide bonds. The SMILES string of the molecule is CC(C)NC(=O)c1ccc2c(c1)CCN2C(=O)C1CCC1. The fourth-order valence-corrected chi connectivity index (χ4v) is 2.99. The van der Waals surface area contributed by atoms with Gasteiger partial charge in [0, 0.05) is 29.8 Å². The van der Waals surface area contributed by atoms with Crippen molar-refractivity contribution < 1.29 is 9.59 Å². The molecule has 1 fully saturated rings. The van der Waals surface area contributed by atoms with Crippen molar-refractivity contribution in [3.63, 3.8) is 0 Å². The Morgan fingerprint density at radius 2 is 2.05 bits per heavy atom. The van der Waals surface area contributed by atoms with Crippen LogP contribution in [-0.4, -0.2) is 24.4 Å². The number of nitrogens with zero attached hydrogens (tertiary/aromatic N) is 1. The highest BCUT2D eigenvalue weighted by Gasteiger charge is 2.33. The lowest BCUT2D eigenvalue weighted by molar-refractivity contribution is -0.124. The zero-order valence-electron chi connectivity index (χ0n) is 12.7. The summed E-state index contributed by atoms with van der Waals surface area (Å²) in [5.41, 5.74) is 2.78. The van der Waals surface area contributed by atoms with Gasteiger partial charge in [-0.25, -0.2) is 0 Å². The Morgan fingerprint density at radius 3 is 2.67 bits per heavy atom. The Morgan fingerprint density at radius 1 is 1.29 bits per heavy atom. The van der Waals surface area contributed by atoms with Crippen LogP contribution in [0.4, 0.5) is 5.69 Å². The lowest BCUT2D eigenvalue weighted by Gasteiger charge is -2.29. The number of hydrogen-bond donors (Lipinski definition) is 1. The van der Waals surface area contributed by atoms with Crippen LogP contribution in [0.2, 0.25) is 0 Å². The monoisotopic (exact) mass is 286 g/mol. The molecule has 1 heterocycles. The van der Waals surface area contributed by atoms with Crippen molar-refractivity contribution in [3.05, 3.63) is 29.3 Å². The molecule has 1 aromatic rings. The van der Waals surface area contributed by atoms with E-state index < -0.39 is 0 Å². The molecule has 112 valence electrons. The predicted molar refractivity (Wildman–Crippen MR) is 82.4 cm³/mol. The Labute approximate surface area is 125 Å². The number of amides is 2. The van der Waals surface area contributed by atoms with Crippen LogP contribution < -0.4 is 10.2 Å². The quantitative estimate of drug-likeness (QED) is 0.928. The highest BCUT2D eigenvalue weighted by molar-refractivity contribution is 5.99. The topological polar surface area (TPSA) is 49.4 Å². The summed E-state index contributed by atoms with van der Waals surface area (Å²) in [5, 5.41) is 2.90. The minimum absolute atomic E-state index is 0.0448. The average molecular weight is 286 g/mol. The molecule has 1 saturated carbocycles. The van der Waals surface area contributed by atoms with Gasteiger partial charge in [0.15, 0.2) is 0 Å². The highest BCUT2D eigenvalue weighted by Crippen LogP contribution is 2.34. The Hall–Kier alpha value is -1.84. The van der Waals surface area contributed by atoms with Gasteiger partial charge in [0.25, 0.3) is 5.91 Å². The molecular formula is C17H22N2O2. The van der Waals surface area contributed by atoms with E-state index in [9.17, 15) is 9.59 Å². The lowest BCUT2D eigenvalue weighted by atomic mass is 9.84. The van der Waals surface area contributed by atoms with Crippen molar-refractivity contribution in [1.29, 1.82) is 0 Å². The first-order chi connectivity index (χ1) is 10.1. The van der Waals surface area contributed by atoms with Gasteiger partial charge >= 0.3 is 0 Å². The third-order valence-corrected chi connectivity index (χ3v) is 4.38. The van der Waals surface area contributed by atoms with Gasteiger partial charge in [-0.1, -0.05) is 6.42 Å². The van der Waals surface area contributed by atoms with Crippen molar-refractivity contribution in [2.75, 3.05) is 11.4 Å². The predicted octanol–water partition coefficient (Wildman–Crippen LogP) is 2.51. The second kappa shape index (κ2) is 5.51. The molecule has 0 spiro atoms. The zero-order valence-corrected chi connectivity index (χ0v) is 12.7. The third-order valence-electron chi connectivity index (χ3n) is 4.38. The first-order valence-electron chi connectivity index (χ1n) is 7.81. The molecule has 4 nitrogen and oxygen atoms in total. The molecule has 1 aromatic carbocycles. The molecule has 1 aliphatic heterocycles. The van der Waals surface area contributed by atoms with E-state index in [4.69, 9.17) is 0 Å². The van der Waals surface area contributed by atoms with Crippen LogP contribution in [0.1, 0.15) is 49.0 Å². The minimum Gasteiger partial charge on any atom is -0.350 e. The van der Waals surface area contributed by atoms with Gasteiger partial charge < -0.3 is 10.2 Å². The summed E-state index contributed by atoms with van der Waals surface area (Å²) in [4.78, 5) is 26.3. The fourth-order valence-electron chi connectivity index (χ4n) is 2.99. The molecule has 4 heteroatoms. The molecule has 0 aromatic heterocycles. The average Bonchev–Trinajstić information content (AvgIpc) is 2.78. The smallest absolute Gasteiger partial charge is 0.251 e. The first kappa shape index (κ1) is 14.1. The van der Waals surface area contributed by atoms with Crippen molar-refractivity contribution in [1.82, 2.24) is 5.32 Å². The number of anilines is 1. The molecule has 0 saturated heterocycles. The molecule has 1 N–H and O–H groups in total. The molecule has 3 rings (SSSR count). The van der Waals surface area contributed by atoms with Crippen LogP contribution in [-0.2, 0) is 11.2 Å². The molecule has 0 bridgehead atoms. The Bertz CT molecular complexity index is 576. The van der Waals surface area contributed by atoms with Crippen molar-refractivity contribution in [2.45, 2.75) is 45.6 Å². The van der Waals surface area contributed by atoms with Gasteiger partial charge in [0.05, 0.1) is 0 Å². The molecule has 0 radical (unpaired) electrons. The van der Waals surface area contributed by atoms with Gasteiger partial charge in [-0.15, -0.1) is 0 Å². The normalized spacial score (nSPS) is 17.6. The van der Waals surface area contributed by atoms with E-state index in [0.717, 1.165) is 37.1 Å². The van der Waals surface area contributed by atoms with E-state index in [-0.39, 0.29) is 23.8 Å². The number of benzene rings is 1. The summed E-state index contributed by atoms with van der Waals surface area (Å²) >= 11 is 0. The van der Waals surface area contributed by atoms with Gasteiger partial charge in [-0.05, 0) is 56.9 Å². The van der Waals surface area contributed by atoms with Gasteiger partial charge in [0.2, 0.25) is 5.91 Å². The van der Waals surface area contributed by atoms with E-state index >= 15 is 0 Å². The van der Waals surface area contributed by atoms with Crippen molar-refractivity contribution in [2.24, 2.45) is 5.92 Å². The van der Waals surface area contributed by atoms with Crippen molar-refractivity contribution >= 4 is 17.5 Å². The second-order valence-electron chi connectivity index (χ2n) is 6.34. The maximum Gasteiger partial charge on any atom is 0.251 e. The second-order valence-corrected chi connectivity index (χ2v) is 6.34. The molecule has 0 atom stereocenters. The summed E-state index contributed by atoms with van der Waals surface area (Å²) in [5.74, 6) is 0.441. The van der Waals surface area contributed by atoms with E-state index in [0.29, 0.717) is 5.56 Å². The maximum atomic E-state index is 12.4. The summed E-state index contributed by atoms with van der Waals surface area (Å²) in [6.07, 6.45) is 4.07. The Balaban J connectivity index is 1.78. The standard InChI is InChI=1S/C17H22N2O2/c1-11(2)18-16(20)14-6-7-15-13(10-14)8-9-19(15)17(21)12-4-3-5-12/h6-7,10-12H,3-5,8-9H2,1-2H3,(H,18,20). The minimum atomic E-state index is -0.0448. The summed E-state index contributed by atoms with van der Waals surface area (Å²) in [7, 11) is 0. The van der Waals surface area contributed by atoms with E-state index in [2.05, 4.69) is 5.32 Å². The number of fused-ring (bicyclic) bond motifs is 1. The largest absolute Gasteiger partial charge is 0.350 e. The van der Waals surface area contributed by atoms with E-state index in [1.807, 2.05) is 36.9 Å². The van der Waals surface area contributed by atoms with Crippen LogP contribution in [0.3, 0.4) is 0 Å². The summed E-state index contributed by atoms with van der Waals surface area (Å²) in [6, 6.07) is 5.81. The van der Waals surface area contributed by atoms with Crippen LogP contribution in [0.25, 0.3) is 0 Å². The molecule has 0 unspecified atom stereocenters. The van der Waals surface area contributed by atoms with Gasteiger partial charge in [-0.2, -0.15) is 0 Å². The van der Waals surface area contributed by atoms with Crippen LogP contribution in [0.15, 0.2) is 18.2 Å². The van der Waals surface area contributed by atoms with Crippen LogP contribution >= 0.6 is 0 Å². The molecule has 1 aliphatic carbocycles. The maximum absolute atomic E-state index is 12.4. The van der Waals surface area contributed by atoms with E-state index in [1.54, 1.807) is 0 Å². The number of carbonyl (C=O) groups excluding carboxylic acids is 2. The van der Waals surface area contributed by atoms with Gasteiger partial charge in [0.1, 0.15) is 0 Å². The summed E-state index contributed by atoms with van der Waals surface area (Å²) in [6.45, 7) is 4.65. The first-order valence-corrected chi connectivity index (χ1v) is 7.81. The molecule has 21 heavy (non-hydrogen) atoms. The fraction of sp³-hybridized carbons (Fsp3) is 0.529. The number of carbonyl (C=O) groups is 2. The number of rotatable bonds is 3. The zero-order chi connectivity index (χ0) is 15.0. The summed E-state index contributed by atoms with van der Waals surface area (Å²) < 4.78 is 0. The van der Waals surface area contributed by atoms with Gasteiger partial charge in [-0.3, -0.25) is 9.59 Å².